The number of carbonyl (C=O) groups excluding carboxylic acids is 2. The van der Waals surface area contributed by atoms with Crippen molar-refractivity contribution in [1.29, 1.82) is 0 Å². The van der Waals surface area contributed by atoms with Gasteiger partial charge in [0.15, 0.2) is 0 Å². The van der Waals surface area contributed by atoms with Gasteiger partial charge in [0.25, 0.3) is 0 Å². The number of amides is 2. The Labute approximate surface area is 225 Å². The molecular formula is C31H26N6O2. The second kappa shape index (κ2) is 9.90. The van der Waals surface area contributed by atoms with E-state index in [0.717, 1.165) is 50.6 Å². The van der Waals surface area contributed by atoms with Crippen LogP contribution in [0.4, 0.5) is 11.4 Å². The van der Waals surface area contributed by atoms with Crippen molar-refractivity contribution in [3.8, 4) is 22.3 Å². The molecule has 0 radical (unpaired) electrons. The average Bonchev–Trinajstić information content (AvgIpc) is 3.50. The van der Waals surface area contributed by atoms with Crippen LogP contribution in [-0.2, 0) is 16.0 Å². The first kappa shape index (κ1) is 24.1. The molecule has 0 saturated carbocycles. The minimum Gasteiger partial charge on any atom is -0.326 e. The Bertz CT molecular complexity index is 1870. The molecule has 0 unspecified atom stereocenters. The second-order valence-corrected chi connectivity index (χ2v) is 9.53. The SMILES string of the molecule is CC(=O)Nc1cccc(-c2ccc3nc(CC(=O)Nc4cccc(-c5ccc6ncc(C)n6c5)c4)cn3c2)c1. The fraction of sp³-hybridized carbons (Fsp3) is 0.0968. The number of pyridine rings is 2. The van der Waals surface area contributed by atoms with Crippen molar-refractivity contribution in [3.63, 3.8) is 0 Å². The lowest BCUT2D eigenvalue weighted by molar-refractivity contribution is -0.116. The largest absolute Gasteiger partial charge is 0.326 e. The maximum absolute atomic E-state index is 12.9. The van der Waals surface area contributed by atoms with Crippen molar-refractivity contribution in [2.24, 2.45) is 0 Å². The number of anilines is 2. The van der Waals surface area contributed by atoms with Crippen molar-refractivity contribution >= 4 is 34.5 Å². The van der Waals surface area contributed by atoms with Crippen LogP contribution in [0.1, 0.15) is 18.3 Å². The van der Waals surface area contributed by atoms with Gasteiger partial charge in [0.05, 0.1) is 12.1 Å². The summed E-state index contributed by atoms with van der Waals surface area (Å²) in [6, 6.07) is 23.4. The molecule has 8 heteroatoms. The van der Waals surface area contributed by atoms with Gasteiger partial charge >= 0.3 is 0 Å². The molecule has 4 aromatic heterocycles. The van der Waals surface area contributed by atoms with Crippen molar-refractivity contribution in [3.05, 3.63) is 109 Å². The van der Waals surface area contributed by atoms with Crippen molar-refractivity contribution in [2.75, 3.05) is 10.6 Å². The van der Waals surface area contributed by atoms with E-state index in [4.69, 9.17) is 0 Å². The maximum atomic E-state index is 12.9. The highest BCUT2D eigenvalue weighted by Gasteiger charge is 2.11. The zero-order chi connectivity index (χ0) is 26.9. The van der Waals surface area contributed by atoms with Gasteiger partial charge in [-0.3, -0.25) is 9.59 Å². The number of imidazole rings is 2. The Kier molecular flexibility index (Phi) is 6.13. The van der Waals surface area contributed by atoms with Crippen LogP contribution in [0, 0.1) is 6.92 Å². The van der Waals surface area contributed by atoms with Crippen LogP contribution in [-0.4, -0.2) is 30.6 Å². The number of nitrogens with one attached hydrogen (secondary N) is 2. The average molecular weight is 515 g/mol. The van der Waals surface area contributed by atoms with Crippen LogP contribution in [0.3, 0.4) is 0 Å². The summed E-state index contributed by atoms with van der Waals surface area (Å²) in [5.41, 5.74) is 8.86. The van der Waals surface area contributed by atoms with Gasteiger partial charge in [-0.1, -0.05) is 24.3 Å². The highest BCUT2D eigenvalue weighted by Crippen LogP contribution is 2.25. The van der Waals surface area contributed by atoms with Crippen LogP contribution in [0.15, 0.2) is 97.6 Å². The Morgan fingerprint density at radius 1 is 0.769 bits per heavy atom. The molecule has 2 aromatic carbocycles. The Hall–Kier alpha value is -5.24. The molecule has 0 bridgehead atoms. The third-order valence-electron chi connectivity index (χ3n) is 6.53. The van der Waals surface area contributed by atoms with E-state index in [1.54, 1.807) is 0 Å². The number of hydrogen-bond acceptors (Lipinski definition) is 4. The first-order valence-electron chi connectivity index (χ1n) is 12.6. The molecule has 192 valence electrons. The molecule has 6 aromatic rings. The summed E-state index contributed by atoms with van der Waals surface area (Å²) in [5, 5.41) is 5.82. The number of carbonyl (C=O) groups is 2. The summed E-state index contributed by atoms with van der Waals surface area (Å²) in [6.07, 6.45) is 7.90. The fourth-order valence-corrected chi connectivity index (χ4v) is 4.70. The molecule has 0 spiro atoms. The summed E-state index contributed by atoms with van der Waals surface area (Å²) in [6.45, 7) is 3.51. The van der Waals surface area contributed by atoms with Crippen molar-refractivity contribution < 1.29 is 9.59 Å². The minimum atomic E-state index is -0.139. The van der Waals surface area contributed by atoms with E-state index >= 15 is 0 Å². The minimum absolute atomic E-state index is 0.113. The molecule has 0 aliphatic carbocycles. The zero-order valence-electron chi connectivity index (χ0n) is 21.6. The van der Waals surface area contributed by atoms with Gasteiger partial charge in [0, 0.05) is 48.8 Å². The number of aromatic nitrogens is 4. The first-order valence-corrected chi connectivity index (χ1v) is 12.6. The lowest BCUT2D eigenvalue weighted by Gasteiger charge is -2.08. The molecule has 4 heterocycles. The van der Waals surface area contributed by atoms with E-state index in [2.05, 4.69) is 31.2 Å². The van der Waals surface area contributed by atoms with Gasteiger partial charge in [0.2, 0.25) is 11.8 Å². The Morgan fingerprint density at radius 3 is 2.15 bits per heavy atom. The van der Waals surface area contributed by atoms with Crippen LogP contribution in [0.2, 0.25) is 0 Å². The van der Waals surface area contributed by atoms with Gasteiger partial charge in [0.1, 0.15) is 11.3 Å². The molecule has 39 heavy (non-hydrogen) atoms. The van der Waals surface area contributed by atoms with Crippen LogP contribution in [0.5, 0.6) is 0 Å². The topological polar surface area (TPSA) is 92.8 Å². The van der Waals surface area contributed by atoms with E-state index in [-0.39, 0.29) is 18.2 Å². The Morgan fingerprint density at radius 2 is 1.44 bits per heavy atom. The summed E-state index contributed by atoms with van der Waals surface area (Å²) in [5.74, 6) is -0.252. The lowest BCUT2D eigenvalue weighted by atomic mass is 10.1. The third kappa shape index (κ3) is 5.13. The molecule has 8 nitrogen and oxygen atoms in total. The molecule has 0 saturated heterocycles. The molecule has 2 N–H and O–H groups in total. The smallest absolute Gasteiger partial charge is 0.230 e. The number of rotatable bonds is 6. The summed E-state index contributed by atoms with van der Waals surface area (Å²) < 4.78 is 3.97. The quantitative estimate of drug-likeness (QED) is 0.295. The van der Waals surface area contributed by atoms with E-state index in [0.29, 0.717) is 5.69 Å². The number of fused-ring (bicyclic) bond motifs is 2. The van der Waals surface area contributed by atoms with E-state index in [1.807, 2.05) is 103 Å². The molecule has 0 atom stereocenters. The number of nitrogens with zero attached hydrogens (tertiary/aromatic N) is 4. The van der Waals surface area contributed by atoms with Crippen molar-refractivity contribution in [2.45, 2.75) is 20.3 Å². The molecule has 0 aliphatic heterocycles. The third-order valence-corrected chi connectivity index (χ3v) is 6.53. The monoisotopic (exact) mass is 514 g/mol. The van der Waals surface area contributed by atoms with Gasteiger partial charge in [-0.05, 0) is 77.7 Å². The summed E-state index contributed by atoms with van der Waals surface area (Å²) in [4.78, 5) is 33.3. The predicted molar refractivity (Wildman–Crippen MR) is 153 cm³/mol. The predicted octanol–water partition coefficient (Wildman–Crippen LogP) is 5.76. The van der Waals surface area contributed by atoms with E-state index in [1.165, 1.54) is 6.92 Å². The highest BCUT2D eigenvalue weighted by atomic mass is 16.2. The number of benzene rings is 2. The van der Waals surface area contributed by atoms with Crippen LogP contribution in [0.25, 0.3) is 33.5 Å². The normalized spacial score (nSPS) is 11.1. The Balaban J connectivity index is 1.17. The molecule has 6 rings (SSSR count). The fourth-order valence-electron chi connectivity index (χ4n) is 4.70. The summed E-state index contributed by atoms with van der Waals surface area (Å²) >= 11 is 0. The van der Waals surface area contributed by atoms with Gasteiger partial charge in [-0.15, -0.1) is 0 Å². The van der Waals surface area contributed by atoms with E-state index < -0.39 is 0 Å². The molecular weight excluding hydrogens is 488 g/mol. The lowest BCUT2D eigenvalue weighted by Crippen LogP contribution is -2.14. The van der Waals surface area contributed by atoms with Crippen LogP contribution < -0.4 is 10.6 Å². The number of aryl methyl sites for hydroxylation is 1. The number of hydrogen-bond donors (Lipinski definition) is 2. The molecule has 0 aliphatic rings. The maximum Gasteiger partial charge on any atom is 0.230 e. The second-order valence-electron chi connectivity index (χ2n) is 9.53. The van der Waals surface area contributed by atoms with Gasteiger partial charge in [-0.25, -0.2) is 9.97 Å². The van der Waals surface area contributed by atoms with Gasteiger partial charge < -0.3 is 19.4 Å². The van der Waals surface area contributed by atoms with Gasteiger partial charge in [-0.2, -0.15) is 0 Å². The highest BCUT2D eigenvalue weighted by molar-refractivity contribution is 5.93. The summed E-state index contributed by atoms with van der Waals surface area (Å²) in [7, 11) is 0. The standard InChI is InChI=1S/C31H26N6O2/c1-20-16-32-29-11-9-25(18-37(20)29)23-6-4-8-27(14-23)35-31(39)15-28-19-36-17-24(10-12-30(36)34-28)22-5-3-7-26(13-22)33-21(2)38/h3-14,16-19H,15H2,1-2H3,(H,33,38)(H,35,39). The van der Waals surface area contributed by atoms with Crippen molar-refractivity contribution in [1.82, 2.24) is 18.8 Å². The molecule has 2 amide bonds. The van der Waals surface area contributed by atoms with Crippen LogP contribution >= 0.6 is 0 Å². The van der Waals surface area contributed by atoms with E-state index in [9.17, 15) is 9.59 Å². The first-order chi connectivity index (χ1) is 18.9. The zero-order valence-corrected chi connectivity index (χ0v) is 21.6. The molecule has 0 fully saturated rings.